The van der Waals surface area contributed by atoms with Crippen molar-refractivity contribution in [1.29, 1.82) is 0 Å². The van der Waals surface area contributed by atoms with Crippen LogP contribution in [-0.4, -0.2) is 15.0 Å². The summed E-state index contributed by atoms with van der Waals surface area (Å²) in [5, 5.41) is 0.790. The molecule has 0 radical (unpaired) electrons. The summed E-state index contributed by atoms with van der Waals surface area (Å²) < 4.78 is 0. The number of hydrogen-bond acceptors (Lipinski definition) is 4. The highest BCUT2D eigenvalue weighted by atomic mass is 32.1. The number of aromatic nitrogens is 3. The molecular weight excluding hydrogens is 232 g/mol. The van der Waals surface area contributed by atoms with Crippen molar-refractivity contribution >= 4 is 27.5 Å². The molecule has 0 saturated heterocycles. The summed E-state index contributed by atoms with van der Waals surface area (Å²) in [6.45, 7) is 3.99. The number of aryl methyl sites for hydroxylation is 2. The van der Waals surface area contributed by atoms with Gasteiger partial charge in [0.2, 0.25) is 0 Å². The third-order valence-electron chi connectivity index (χ3n) is 2.62. The summed E-state index contributed by atoms with van der Waals surface area (Å²) in [4.78, 5) is 13.3. The Kier molecular flexibility index (Phi) is 2.16. The van der Waals surface area contributed by atoms with Crippen molar-refractivity contribution in [3.8, 4) is 11.4 Å². The highest BCUT2D eigenvalue weighted by Crippen LogP contribution is 2.32. The van der Waals surface area contributed by atoms with Crippen LogP contribution < -0.4 is 5.73 Å². The fourth-order valence-corrected chi connectivity index (χ4v) is 2.62. The Labute approximate surface area is 103 Å². The zero-order valence-corrected chi connectivity index (χ0v) is 10.4. The molecule has 17 heavy (non-hydrogen) atoms. The molecule has 0 spiro atoms. The SMILES string of the molecule is Cc1ccc2[nH]c(-c3cc(C)sc3N)nc2n1. The molecule has 5 heteroatoms. The number of pyridine rings is 1. The number of nitrogens with one attached hydrogen (secondary N) is 1. The number of nitrogen functional groups attached to an aromatic ring is 1. The number of nitrogens with zero attached hydrogens (tertiary/aromatic N) is 2. The van der Waals surface area contributed by atoms with E-state index in [0.717, 1.165) is 33.2 Å². The van der Waals surface area contributed by atoms with Gasteiger partial charge in [-0.2, -0.15) is 0 Å². The van der Waals surface area contributed by atoms with E-state index in [-0.39, 0.29) is 0 Å². The number of H-pyrrole nitrogens is 1. The van der Waals surface area contributed by atoms with Crippen LogP contribution in [0.15, 0.2) is 18.2 Å². The van der Waals surface area contributed by atoms with Crippen molar-refractivity contribution in [2.75, 3.05) is 5.73 Å². The molecule has 3 aromatic rings. The molecule has 0 aliphatic carbocycles. The van der Waals surface area contributed by atoms with Crippen LogP contribution in [0.5, 0.6) is 0 Å². The molecule has 0 aliphatic rings. The van der Waals surface area contributed by atoms with E-state index < -0.39 is 0 Å². The molecule has 0 aromatic carbocycles. The van der Waals surface area contributed by atoms with Crippen molar-refractivity contribution in [3.63, 3.8) is 0 Å². The van der Waals surface area contributed by atoms with Crippen LogP contribution in [0.1, 0.15) is 10.6 Å². The molecule has 3 heterocycles. The Morgan fingerprint density at radius 2 is 2.06 bits per heavy atom. The average Bonchev–Trinajstić information content (AvgIpc) is 2.80. The van der Waals surface area contributed by atoms with Gasteiger partial charge in [-0.15, -0.1) is 11.3 Å². The van der Waals surface area contributed by atoms with Crippen molar-refractivity contribution in [2.45, 2.75) is 13.8 Å². The average molecular weight is 244 g/mol. The van der Waals surface area contributed by atoms with Gasteiger partial charge in [0, 0.05) is 10.6 Å². The minimum absolute atomic E-state index is 0.739. The van der Waals surface area contributed by atoms with Gasteiger partial charge in [0.1, 0.15) is 5.82 Å². The lowest BCUT2D eigenvalue weighted by Gasteiger charge is -1.91. The summed E-state index contributed by atoms with van der Waals surface area (Å²) in [5.41, 5.74) is 9.57. The van der Waals surface area contributed by atoms with E-state index >= 15 is 0 Å². The second-order valence-electron chi connectivity index (χ2n) is 4.04. The second kappa shape index (κ2) is 3.56. The highest BCUT2D eigenvalue weighted by molar-refractivity contribution is 7.16. The van der Waals surface area contributed by atoms with Gasteiger partial charge in [0.05, 0.1) is 16.1 Å². The zero-order valence-electron chi connectivity index (χ0n) is 9.61. The molecular formula is C12H12N4S. The van der Waals surface area contributed by atoms with Crippen LogP contribution in [0, 0.1) is 13.8 Å². The third kappa shape index (κ3) is 1.68. The summed E-state index contributed by atoms with van der Waals surface area (Å²) >= 11 is 1.57. The first kappa shape index (κ1) is 10.3. The summed E-state index contributed by atoms with van der Waals surface area (Å²) in [7, 11) is 0. The Hall–Kier alpha value is -1.88. The van der Waals surface area contributed by atoms with Crippen molar-refractivity contribution in [2.24, 2.45) is 0 Å². The summed E-state index contributed by atoms with van der Waals surface area (Å²) in [6, 6.07) is 6.00. The molecule has 3 aromatic heterocycles. The largest absolute Gasteiger partial charge is 0.390 e. The van der Waals surface area contributed by atoms with E-state index in [9.17, 15) is 0 Å². The Bertz CT molecular complexity index is 696. The smallest absolute Gasteiger partial charge is 0.178 e. The van der Waals surface area contributed by atoms with E-state index in [2.05, 4.69) is 15.0 Å². The van der Waals surface area contributed by atoms with Gasteiger partial charge in [0.25, 0.3) is 0 Å². The van der Waals surface area contributed by atoms with Gasteiger partial charge in [-0.3, -0.25) is 0 Å². The van der Waals surface area contributed by atoms with Gasteiger partial charge in [-0.05, 0) is 32.0 Å². The molecule has 0 unspecified atom stereocenters. The number of nitrogens with two attached hydrogens (primary N) is 1. The molecule has 0 aliphatic heterocycles. The maximum Gasteiger partial charge on any atom is 0.178 e. The van der Waals surface area contributed by atoms with Crippen LogP contribution in [0.4, 0.5) is 5.00 Å². The fourth-order valence-electron chi connectivity index (χ4n) is 1.83. The predicted octanol–water partition coefficient (Wildman–Crippen LogP) is 2.89. The minimum Gasteiger partial charge on any atom is -0.390 e. The molecule has 4 nitrogen and oxygen atoms in total. The number of thiophene rings is 1. The van der Waals surface area contributed by atoms with Gasteiger partial charge in [0.15, 0.2) is 5.65 Å². The van der Waals surface area contributed by atoms with Crippen LogP contribution >= 0.6 is 11.3 Å². The fraction of sp³-hybridized carbons (Fsp3) is 0.167. The first-order valence-electron chi connectivity index (χ1n) is 5.33. The standard InChI is InChI=1S/C12H12N4S/c1-6-3-4-9-12(14-6)16-11(15-9)8-5-7(2)17-10(8)13/h3-5H,13H2,1-2H3,(H,14,15,16). The number of anilines is 1. The number of imidazole rings is 1. The van der Waals surface area contributed by atoms with Crippen molar-refractivity contribution in [3.05, 3.63) is 28.8 Å². The lowest BCUT2D eigenvalue weighted by molar-refractivity contribution is 1.22. The quantitative estimate of drug-likeness (QED) is 0.691. The Morgan fingerprint density at radius 1 is 1.24 bits per heavy atom. The van der Waals surface area contributed by atoms with E-state index in [0.29, 0.717) is 0 Å². The number of fused-ring (bicyclic) bond motifs is 1. The molecule has 3 rings (SSSR count). The molecule has 0 saturated carbocycles. The number of hydrogen-bond donors (Lipinski definition) is 2. The van der Waals surface area contributed by atoms with Crippen molar-refractivity contribution in [1.82, 2.24) is 15.0 Å². The lowest BCUT2D eigenvalue weighted by atomic mass is 10.3. The van der Waals surface area contributed by atoms with Crippen LogP contribution in [-0.2, 0) is 0 Å². The molecule has 0 atom stereocenters. The van der Waals surface area contributed by atoms with Gasteiger partial charge >= 0.3 is 0 Å². The predicted molar refractivity (Wildman–Crippen MR) is 71.1 cm³/mol. The number of rotatable bonds is 1. The lowest BCUT2D eigenvalue weighted by Crippen LogP contribution is -1.84. The Balaban J connectivity index is 2.21. The molecule has 86 valence electrons. The third-order valence-corrected chi connectivity index (χ3v) is 3.50. The Morgan fingerprint density at radius 3 is 2.76 bits per heavy atom. The van der Waals surface area contributed by atoms with Gasteiger partial charge in [-0.1, -0.05) is 0 Å². The monoisotopic (exact) mass is 244 g/mol. The topological polar surface area (TPSA) is 67.6 Å². The number of aromatic amines is 1. The summed E-state index contributed by atoms with van der Waals surface area (Å²) in [5.74, 6) is 0.792. The van der Waals surface area contributed by atoms with Crippen molar-refractivity contribution < 1.29 is 0 Å². The molecule has 3 N–H and O–H groups in total. The first-order valence-corrected chi connectivity index (χ1v) is 6.15. The van der Waals surface area contributed by atoms with Gasteiger partial charge < -0.3 is 10.7 Å². The maximum atomic E-state index is 5.96. The second-order valence-corrected chi connectivity index (χ2v) is 5.33. The normalized spacial score (nSPS) is 11.2. The van der Waals surface area contributed by atoms with E-state index in [4.69, 9.17) is 5.73 Å². The van der Waals surface area contributed by atoms with E-state index in [1.54, 1.807) is 11.3 Å². The van der Waals surface area contributed by atoms with Crippen LogP contribution in [0.2, 0.25) is 0 Å². The molecule has 0 bridgehead atoms. The zero-order chi connectivity index (χ0) is 12.0. The molecule has 0 amide bonds. The minimum atomic E-state index is 0.739. The van der Waals surface area contributed by atoms with Crippen LogP contribution in [0.3, 0.4) is 0 Å². The van der Waals surface area contributed by atoms with Crippen LogP contribution in [0.25, 0.3) is 22.6 Å². The highest BCUT2D eigenvalue weighted by Gasteiger charge is 2.11. The van der Waals surface area contributed by atoms with E-state index in [1.165, 1.54) is 4.88 Å². The first-order chi connectivity index (χ1) is 8.13. The van der Waals surface area contributed by atoms with E-state index in [1.807, 2.05) is 32.0 Å². The summed E-state index contributed by atoms with van der Waals surface area (Å²) in [6.07, 6.45) is 0. The maximum absolute atomic E-state index is 5.96. The van der Waals surface area contributed by atoms with Gasteiger partial charge in [-0.25, -0.2) is 9.97 Å². The molecule has 0 fully saturated rings.